The largest absolute Gasteiger partial charge is 0.0683 e. The Morgan fingerprint density at radius 2 is 1.36 bits per heavy atom. The van der Waals surface area contributed by atoms with Crippen molar-refractivity contribution in [2.24, 2.45) is 17.3 Å². The van der Waals surface area contributed by atoms with Gasteiger partial charge >= 0.3 is 0 Å². The van der Waals surface area contributed by atoms with Gasteiger partial charge in [0.1, 0.15) is 0 Å². The van der Waals surface area contributed by atoms with Crippen molar-refractivity contribution in [2.75, 3.05) is 0 Å². The lowest BCUT2D eigenvalue weighted by atomic mass is 9.69. The zero-order valence-electron chi connectivity index (χ0n) is 11.2. The van der Waals surface area contributed by atoms with Crippen LogP contribution in [0.5, 0.6) is 0 Å². The molecule has 0 saturated heterocycles. The molecule has 1 unspecified atom stereocenters. The first-order chi connectivity index (χ1) is 6.52. The van der Waals surface area contributed by atoms with Crippen LogP contribution in [0.1, 0.15) is 73.6 Å². The maximum absolute atomic E-state index is 2.44. The van der Waals surface area contributed by atoms with Crippen molar-refractivity contribution in [2.45, 2.75) is 73.6 Å². The molecule has 0 N–H and O–H groups in total. The third-order valence-corrected chi connectivity index (χ3v) is 3.72. The number of hydrogen-bond acceptors (Lipinski definition) is 0. The van der Waals surface area contributed by atoms with Gasteiger partial charge in [-0.2, -0.15) is 0 Å². The summed E-state index contributed by atoms with van der Waals surface area (Å²) < 4.78 is 0. The molecule has 0 spiro atoms. The third kappa shape index (κ3) is 4.48. The molecule has 1 saturated carbocycles. The van der Waals surface area contributed by atoms with Gasteiger partial charge in [0, 0.05) is 0 Å². The van der Waals surface area contributed by atoms with E-state index in [1.54, 1.807) is 0 Å². The minimum Gasteiger partial charge on any atom is -0.0683 e. The molecule has 1 rings (SSSR count). The second kappa shape index (κ2) is 6.48. The van der Waals surface area contributed by atoms with E-state index in [1.807, 2.05) is 13.8 Å². The molecule has 1 fully saturated rings. The fourth-order valence-electron chi connectivity index (χ4n) is 2.34. The topological polar surface area (TPSA) is 0 Å². The molecule has 1 atom stereocenters. The second-order valence-electron chi connectivity index (χ2n) is 5.55. The summed E-state index contributed by atoms with van der Waals surface area (Å²) in [6.45, 7) is 13.6. The van der Waals surface area contributed by atoms with Gasteiger partial charge in [0.05, 0.1) is 0 Å². The Balaban J connectivity index is 0.000000791. The molecule has 0 aromatic heterocycles. The summed E-state index contributed by atoms with van der Waals surface area (Å²) in [6, 6.07) is 0. The molecule has 0 radical (unpaired) electrons. The van der Waals surface area contributed by atoms with Crippen molar-refractivity contribution in [3.05, 3.63) is 0 Å². The predicted octanol–water partition coefficient (Wildman–Crippen LogP) is 5.28. The van der Waals surface area contributed by atoms with Gasteiger partial charge < -0.3 is 0 Å². The summed E-state index contributed by atoms with van der Waals surface area (Å²) >= 11 is 0. The summed E-state index contributed by atoms with van der Waals surface area (Å²) in [7, 11) is 0. The average molecular weight is 198 g/mol. The van der Waals surface area contributed by atoms with Crippen molar-refractivity contribution in [3.63, 3.8) is 0 Å². The van der Waals surface area contributed by atoms with Crippen LogP contribution in [0.15, 0.2) is 0 Å². The molecule has 0 bridgehead atoms. The summed E-state index contributed by atoms with van der Waals surface area (Å²) in [5, 5.41) is 0. The molecule has 0 amide bonds. The molecule has 0 aliphatic heterocycles. The highest BCUT2D eigenvalue weighted by Gasteiger charge is 2.28. The molecule has 14 heavy (non-hydrogen) atoms. The highest BCUT2D eigenvalue weighted by Crippen LogP contribution is 2.39. The first-order valence-electron chi connectivity index (χ1n) is 6.52. The van der Waals surface area contributed by atoms with E-state index in [9.17, 15) is 0 Å². The molecule has 1 aliphatic rings. The van der Waals surface area contributed by atoms with E-state index in [0.29, 0.717) is 5.41 Å². The van der Waals surface area contributed by atoms with Crippen LogP contribution in [-0.2, 0) is 0 Å². The van der Waals surface area contributed by atoms with E-state index < -0.39 is 0 Å². The predicted molar refractivity (Wildman–Crippen MR) is 66.5 cm³/mol. The van der Waals surface area contributed by atoms with Crippen LogP contribution in [-0.4, -0.2) is 0 Å². The average Bonchev–Trinajstić information content (AvgIpc) is 2.20. The summed E-state index contributed by atoms with van der Waals surface area (Å²) in [6.07, 6.45) is 7.40. The SMILES string of the molecule is CC.CC(C1CCCCC1)C(C)(C)C. The quantitative estimate of drug-likeness (QED) is 0.538. The van der Waals surface area contributed by atoms with Crippen LogP contribution in [0.25, 0.3) is 0 Å². The first-order valence-corrected chi connectivity index (χ1v) is 6.52. The zero-order chi connectivity index (χ0) is 11.2. The molecule has 86 valence electrons. The summed E-state index contributed by atoms with van der Waals surface area (Å²) in [4.78, 5) is 0. The molecule has 0 nitrogen and oxygen atoms in total. The number of hydrogen-bond donors (Lipinski definition) is 0. The van der Waals surface area contributed by atoms with E-state index in [-0.39, 0.29) is 0 Å². The first kappa shape index (κ1) is 14.0. The second-order valence-corrected chi connectivity index (χ2v) is 5.55. The molecule has 0 aromatic carbocycles. The lowest BCUT2D eigenvalue weighted by molar-refractivity contribution is 0.141. The maximum atomic E-state index is 2.44. The van der Waals surface area contributed by atoms with Crippen LogP contribution in [0.3, 0.4) is 0 Å². The molecule has 0 heterocycles. The number of rotatable bonds is 1. The van der Waals surface area contributed by atoms with Gasteiger partial charge in [-0.1, -0.05) is 73.6 Å². The Morgan fingerprint density at radius 1 is 0.929 bits per heavy atom. The fourth-order valence-corrected chi connectivity index (χ4v) is 2.34. The van der Waals surface area contributed by atoms with E-state index in [4.69, 9.17) is 0 Å². The Morgan fingerprint density at radius 3 is 1.71 bits per heavy atom. The normalized spacial score (nSPS) is 21.0. The van der Waals surface area contributed by atoms with Crippen LogP contribution in [0, 0.1) is 17.3 Å². The molecule has 0 heteroatoms. The van der Waals surface area contributed by atoms with Gasteiger partial charge in [0.15, 0.2) is 0 Å². The van der Waals surface area contributed by atoms with Gasteiger partial charge in [0.25, 0.3) is 0 Å². The van der Waals surface area contributed by atoms with Crippen LogP contribution < -0.4 is 0 Å². The van der Waals surface area contributed by atoms with Crippen LogP contribution >= 0.6 is 0 Å². The smallest absolute Gasteiger partial charge is 0.0354 e. The van der Waals surface area contributed by atoms with E-state index in [2.05, 4.69) is 27.7 Å². The molecule has 0 aromatic rings. The Labute approximate surface area is 91.5 Å². The fraction of sp³-hybridized carbons (Fsp3) is 1.00. The highest BCUT2D eigenvalue weighted by molar-refractivity contribution is 4.79. The zero-order valence-corrected chi connectivity index (χ0v) is 11.2. The summed E-state index contributed by atoms with van der Waals surface area (Å²) in [5.41, 5.74) is 0.516. The van der Waals surface area contributed by atoms with Crippen molar-refractivity contribution >= 4 is 0 Å². The highest BCUT2D eigenvalue weighted by atomic mass is 14.3. The molecule has 1 aliphatic carbocycles. The van der Waals surface area contributed by atoms with Crippen molar-refractivity contribution in [1.29, 1.82) is 0 Å². The van der Waals surface area contributed by atoms with Gasteiger partial charge in [-0.05, 0) is 17.3 Å². The maximum Gasteiger partial charge on any atom is -0.0354 e. The van der Waals surface area contributed by atoms with Crippen molar-refractivity contribution in [3.8, 4) is 0 Å². The van der Waals surface area contributed by atoms with E-state index >= 15 is 0 Å². The van der Waals surface area contributed by atoms with Crippen LogP contribution in [0.4, 0.5) is 0 Å². The van der Waals surface area contributed by atoms with E-state index in [1.165, 1.54) is 32.1 Å². The van der Waals surface area contributed by atoms with Gasteiger partial charge in [-0.25, -0.2) is 0 Å². The van der Waals surface area contributed by atoms with Gasteiger partial charge in [0.2, 0.25) is 0 Å². The Kier molecular flexibility index (Phi) is 6.48. The van der Waals surface area contributed by atoms with Crippen molar-refractivity contribution < 1.29 is 0 Å². The lowest BCUT2D eigenvalue weighted by Crippen LogP contribution is -2.27. The molecular formula is C14H30. The van der Waals surface area contributed by atoms with Gasteiger partial charge in [-0.15, -0.1) is 0 Å². The molecular weight excluding hydrogens is 168 g/mol. The monoisotopic (exact) mass is 198 g/mol. The van der Waals surface area contributed by atoms with Crippen LogP contribution in [0.2, 0.25) is 0 Å². The third-order valence-electron chi connectivity index (χ3n) is 3.72. The standard InChI is InChI=1S/C12H24.C2H6/c1-10(12(2,3)4)11-8-6-5-7-9-11;1-2/h10-11H,5-9H2,1-4H3;1-2H3. The summed E-state index contributed by atoms with van der Waals surface area (Å²) in [5.74, 6) is 1.91. The minimum absolute atomic E-state index is 0.516. The minimum atomic E-state index is 0.516. The Hall–Kier alpha value is 0. The van der Waals surface area contributed by atoms with Crippen molar-refractivity contribution in [1.82, 2.24) is 0 Å². The Bertz CT molecular complexity index is 123. The van der Waals surface area contributed by atoms with E-state index in [0.717, 1.165) is 11.8 Å². The van der Waals surface area contributed by atoms with Gasteiger partial charge in [-0.3, -0.25) is 0 Å². The lowest BCUT2D eigenvalue weighted by Gasteiger charge is -2.36.